The third kappa shape index (κ3) is 3.92. The molecule has 0 radical (unpaired) electrons. The molecule has 1 aliphatic rings. The van der Waals surface area contributed by atoms with E-state index in [2.05, 4.69) is 102 Å². The normalized spacial score (nSPS) is 15.2. The van der Waals surface area contributed by atoms with Gasteiger partial charge in [-0.25, -0.2) is 9.98 Å². The minimum atomic E-state index is -0.406. The van der Waals surface area contributed by atoms with Gasteiger partial charge in [-0.1, -0.05) is 115 Å². The molecule has 0 bridgehead atoms. The fourth-order valence-corrected chi connectivity index (χ4v) is 6.36. The molecule has 1 unspecified atom stereocenters. The lowest BCUT2D eigenvalue weighted by atomic mass is 9.96. The first-order chi connectivity index (χ1) is 21.3. The molecular weight excluding hydrogens is 526 g/mol. The molecule has 0 amide bonds. The summed E-state index contributed by atoms with van der Waals surface area (Å²) in [4.78, 5) is 10.3. The van der Waals surface area contributed by atoms with Crippen LogP contribution >= 0.6 is 0 Å². The van der Waals surface area contributed by atoms with Crippen LogP contribution in [-0.4, -0.2) is 11.7 Å². The number of hydrogen-bond acceptors (Lipinski definition) is 4. The predicted octanol–water partition coefficient (Wildman–Crippen LogP) is 9.54. The van der Waals surface area contributed by atoms with E-state index in [-0.39, 0.29) is 0 Å². The second-order valence-corrected chi connectivity index (χ2v) is 11.1. The van der Waals surface area contributed by atoms with Gasteiger partial charge in [0.15, 0.2) is 6.17 Å². The Kier molecular flexibility index (Phi) is 5.23. The van der Waals surface area contributed by atoms with Crippen LogP contribution in [0.25, 0.3) is 54.3 Å². The average Bonchev–Trinajstić information content (AvgIpc) is 3.46. The van der Waals surface area contributed by atoms with Crippen LogP contribution in [-0.2, 0) is 0 Å². The number of para-hydroxylation sites is 1. The molecule has 1 N–H and O–H groups in total. The summed E-state index contributed by atoms with van der Waals surface area (Å²) < 4.78 is 6.09. The Hall–Kier alpha value is -5.74. The number of benzene rings is 7. The Balaban J connectivity index is 1.22. The van der Waals surface area contributed by atoms with Gasteiger partial charge in [-0.15, -0.1) is 0 Å². The highest BCUT2D eigenvalue weighted by molar-refractivity contribution is 6.20. The van der Waals surface area contributed by atoms with Gasteiger partial charge in [0.25, 0.3) is 0 Å². The van der Waals surface area contributed by atoms with E-state index in [0.29, 0.717) is 0 Å². The van der Waals surface area contributed by atoms with Crippen molar-refractivity contribution in [2.45, 2.75) is 6.17 Å². The number of nitrogens with one attached hydrogen (secondary N) is 1. The molecule has 4 nitrogen and oxygen atoms in total. The first kappa shape index (κ1) is 23.9. The molecule has 4 heteroatoms. The van der Waals surface area contributed by atoms with Gasteiger partial charge in [0, 0.05) is 21.9 Å². The van der Waals surface area contributed by atoms with Crippen molar-refractivity contribution in [3.63, 3.8) is 0 Å². The molecule has 2 heterocycles. The largest absolute Gasteiger partial charge is 0.456 e. The lowest BCUT2D eigenvalue weighted by molar-refractivity contribution is 0.668. The fraction of sp³-hybridized carbons (Fsp3) is 0.0256. The Morgan fingerprint density at radius 3 is 1.95 bits per heavy atom. The Bertz CT molecular complexity index is 2440. The van der Waals surface area contributed by atoms with Gasteiger partial charge in [0.05, 0.1) is 0 Å². The molecule has 202 valence electrons. The Labute approximate surface area is 247 Å². The molecule has 7 aromatic carbocycles. The zero-order valence-corrected chi connectivity index (χ0v) is 23.2. The number of hydrogen-bond donors (Lipinski definition) is 1. The van der Waals surface area contributed by atoms with Gasteiger partial charge in [-0.05, 0) is 62.1 Å². The SMILES string of the molecule is c1ccc(C2=NC(c3ccc4oc5ccccc5c4c3)N=C(c3ccc4ccc5c6ccccc6ccc5c4c3)N2)cc1. The van der Waals surface area contributed by atoms with Crippen molar-refractivity contribution in [1.82, 2.24) is 5.32 Å². The smallest absolute Gasteiger partial charge is 0.169 e. The minimum absolute atomic E-state index is 0.406. The maximum Gasteiger partial charge on any atom is 0.169 e. The molecule has 1 aromatic heterocycles. The molecule has 0 saturated carbocycles. The van der Waals surface area contributed by atoms with Crippen molar-refractivity contribution in [3.8, 4) is 0 Å². The van der Waals surface area contributed by atoms with Crippen LogP contribution in [0.1, 0.15) is 22.9 Å². The maximum atomic E-state index is 6.09. The maximum absolute atomic E-state index is 6.09. The van der Waals surface area contributed by atoms with Crippen LogP contribution < -0.4 is 5.32 Å². The van der Waals surface area contributed by atoms with Crippen molar-refractivity contribution >= 4 is 65.9 Å². The molecule has 8 aromatic rings. The van der Waals surface area contributed by atoms with Gasteiger partial charge in [-0.2, -0.15) is 0 Å². The van der Waals surface area contributed by atoms with Crippen molar-refractivity contribution < 1.29 is 4.42 Å². The summed E-state index contributed by atoms with van der Waals surface area (Å²) in [5, 5.41) is 13.2. The molecule has 43 heavy (non-hydrogen) atoms. The topological polar surface area (TPSA) is 49.9 Å². The van der Waals surface area contributed by atoms with Crippen LogP contribution in [0, 0.1) is 0 Å². The Morgan fingerprint density at radius 2 is 1.09 bits per heavy atom. The first-order valence-corrected chi connectivity index (χ1v) is 14.5. The molecule has 0 fully saturated rings. The van der Waals surface area contributed by atoms with Gasteiger partial charge >= 0.3 is 0 Å². The highest BCUT2D eigenvalue weighted by atomic mass is 16.3. The molecule has 9 rings (SSSR count). The highest BCUT2D eigenvalue weighted by Crippen LogP contribution is 2.35. The van der Waals surface area contributed by atoms with E-state index in [1.807, 2.05) is 42.5 Å². The number of amidine groups is 2. The lowest BCUT2D eigenvalue weighted by Crippen LogP contribution is -2.36. The summed E-state index contributed by atoms with van der Waals surface area (Å²) in [6.45, 7) is 0. The summed E-state index contributed by atoms with van der Waals surface area (Å²) >= 11 is 0. The van der Waals surface area contributed by atoms with Crippen LogP contribution in [0.15, 0.2) is 154 Å². The number of furan rings is 1. The standard InChI is InChI=1S/C39H25N3O/c1-2-9-26(10-3-1)37-40-38(42-39(41-37)28-18-21-36-34(23-28)32-12-6-7-13-35(32)43-36)27-15-14-25-17-19-30-29-11-5-4-8-24(29)16-20-31(30)33(25)22-27/h1-23,39H,(H,40,41,42). The summed E-state index contributed by atoms with van der Waals surface area (Å²) in [6, 6.07) is 48.8. The lowest BCUT2D eigenvalue weighted by Gasteiger charge is -2.22. The van der Waals surface area contributed by atoms with Crippen LogP contribution in [0.4, 0.5) is 0 Å². The van der Waals surface area contributed by atoms with E-state index >= 15 is 0 Å². The van der Waals surface area contributed by atoms with Crippen molar-refractivity contribution in [2.75, 3.05) is 0 Å². The summed E-state index contributed by atoms with van der Waals surface area (Å²) in [7, 11) is 0. The van der Waals surface area contributed by atoms with E-state index in [1.54, 1.807) is 0 Å². The van der Waals surface area contributed by atoms with E-state index in [1.165, 1.54) is 32.3 Å². The van der Waals surface area contributed by atoms with Crippen molar-refractivity contribution in [2.24, 2.45) is 9.98 Å². The zero-order valence-electron chi connectivity index (χ0n) is 23.2. The van der Waals surface area contributed by atoms with Gasteiger partial charge in [0.2, 0.25) is 0 Å². The molecule has 0 spiro atoms. The first-order valence-electron chi connectivity index (χ1n) is 14.5. The predicted molar refractivity (Wildman–Crippen MR) is 178 cm³/mol. The highest BCUT2D eigenvalue weighted by Gasteiger charge is 2.22. The average molecular weight is 552 g/mol. The van der Waals surface area contributed by atoms with Crippen molar-refractivity contribution in [1.29, 1.82) is 0 Å². The van der Waals surface area contributed by atoms with E-state index in [0.717, 1.165) is 50.3 Å². The van der Waals surface area contributed by atoms with Crippen LogP contribution in [0.2, 0.25) is 0 Å². The number of rotatable bonds is 3. The third-order valence-electron chi connectivity index (χ3n) is 8.50. The monoisotopic (exact) mass is 551 g/mol. The van der Waals surface area contributed by atoms with E-state index in [9.17, 15) is 0 Å². The van der Waals surface area contributed by atoms with E-state index < -0.39 is 6.17 Å². The summed E-state index contributed by atoms with van der Waals surface area (Å²) in [6.07, 6.45) is -0.406. The van der Waals surface area contributed by atoms with Gasteiger partial charge < -0.3 is 9.73 Å². The molecular formula is C39H25N3O. The Morgan fingerprint density at radius 1 is 0.442 bits per heavy atom. The minimum Gasteiger partial charge on any atom is -0.456 e. The number of fused-ring (bicyclic) bond motifs is 8. The number of nitrogens with zero attached hydrogens (tertiary/aromatic N) is 2. The molecule has 0 saturated heterocycles. The van der Waals surface area contributed by atoms with Crippen LogP contribution in [0.3, 0.4) is 0 Å². The summed E-state index contributed by atoms with van der Waals surface area (Å²) in [5.74, 6) is 1.60. The molecule has 1 aliphatic heterocycles. The van der Waals surface area contributed by atoms with Gasteiger partial charge in [-0.3, -0.25) is 0 Å². The molecule has 0 aliphatic carbocycles. The zero-order chi connectivity index (χ0) is 28.3. The third-order valence-corrected chi connectivity index (χ3v) is 8.50. The number of aliphatic imine (C=N–C) groups is 2. The van der Waals surface area contributed by atoms with Gasteiger partial charge in [0.1, 0.15) is 22.8 Å². The fourth-order valence-electron chi connectivity index (χ4n) is 6.36. The van der Waals surface area contributed by atoms with Crippen molar-refractivity contribution in [3.05, 3.63) is 156 Å². The second-order valence-electron chi connectivity index (χ2n) is 11.1. The quantitative estimate of drug-likeness (QED) is 0.222. The van der Waals surface area contributed by atoms with Crippen LogP contribution in [0.5, 0.6) is 0 Å². The molecule has 1 atom stereocenters. The summed E-state index contributed by atoms with van der Waals surface area (Å²) in [5.41, 5.74) is 4.81. The second kappa shape index (κ2) is 9.40. The van der Waals surface area contributed by atoms with E-state index in [4.69, 9.17) is 14.4 Å².